The van der Waals surface area contributed by atoms with Crippen molar-refractivity contribution in [3.05, 3.63) is 29.3 Å². The molecule has 1 rings (SSSR count). The topological polar surface area (TPSA) is 68.3 Å². The molecule has 0 atom stereocenters. The van der Waals surface area contributed by atoms with Crippen molar-refractivity contribution in [1.82, 2.24) is 0 Å². The van der Waals surface area contributed by atoms with Gasteiger partial charge in [0.05, 0.1) is 6.61 Å². The van der Waals surface area contributed by atoms with E-state index in [1.54, 1.807) is 6.07 Å². The average Bonchev–Trinajstić information content (AvgIpc) is 2.34. The fraction of sp³-hybridized carbons (Fsp3) is 0.533. The number of benzene rings is 1. The van der Waals surface area contributed by atoms with E-state index in [0.29, 0.717) is 24.7 Å². The molecule has 0 bridgehead atoms. The minimum Gasteiger partial charge on any atom is -0.491 e. The van der Waals surface area contributed by atoms with Crippen molar-refractivity contribution in [2.24, 2.45) is 11.7 Å². The van der Waals surface area contributed by atoms with Crippen LogP contribution in [0.3, 0.4) is 0 Å². The van der Waals surface area contributed by atoms with Crippen LogP contribution in [0.15, 0.2) is 18.2 Å². The molecule has 1 aromatic rings. The number of nitrogens with one attached hydrogen (secondary N) is 1. The van der Waals surface area contributed by atoms with E-state index in [2.05, 4.69) is 13.8 Å². The van der Waals surface area contributed by atoms with Crippen molar-refractivity contribution < 1.29 is 9.47 Å². The number of nitrogens with two attached hydrogens (primary N) is 1. The smallest absolute Gasteiger partial charge is 0.123 e. The third-order valence-electron chi connectivity index (χ3n) is 2.82. The number of hydrogen-bond donors (Lipinski definition) is 2. The Labute approximate surface area is 115 Å². The number of aryl methyl sites for hydroxylation is 1. The third kappa shape index (κ3) is 5.75. The molecule has 0 aromatic heterocycles. The molecule has 106 valence electrons. The lowest BCUT2D eigenvalue weighted by atomic mass is 10.1. The molecule has 0 aliphatic rings. The van der Waals surface area contributed by atoms with Gasteiger partial charge < -0.3 is 15.2 Å². The second-order valence-electron chi connectivity index (χ2n) is 5.04. The maximum absolute atomic E-state index is 7.41. The van der Waals surface area contributed by atoms with Crippen molar-refractivity contribution in [2.75, 3.05) is 19.8 Å². The average molecular weight is 264 g/mol. The molecule has 4 nitrogen and oxygen atoms in total. The van der Waals surface area contributed by atoms with Crippen LogP contribution in [0.2, 0.25) is 0 Å². The highest BCUT2D eigenvalue weighted by atomic mass is 16.5. The summed E-state index contributed by atoms with van der Waals surface area (Å²) in [5.41, 5.74) is 7.17. The van der Waals surface area contributed by atoms with Gasteiger partial charge in [-0.15, -0.1) is 0 Å². The van der Waals surface area contributed by atoms with E-state index in [1.807, 2.05) is 19.1 Å². The van der Waals surface area contributed by atoms with Crippen LogP contribution in [0.4, 0.5) is 0 Å². The minimum absolute atomic E-state index is 0.0537. The molecule has 1 aromatic carbocycles. The number of nitrogen functional groups attached to an aromatic ring is 1. The molecule has 0 saturated carbocycles. The summed E-state index contributed by atoms with van der Waals surface area (Å²) >= 11 is 0. The van der Waals surface area contributed by atoms with Crippen molar-refractivity contribution in [3.63, 3.8) is 0 Å². The van der Waals surface area contributed by atoms with Crippen LogP contribution < -0.4 is 10.5 Å². The Morgan fingerprint density at radius 3 is 2.63 bits per heavy atom. The molecule has 0 unspecified atom stereocenters. The van der Waals surface area contributed by atoms with Crippen molar-refractivity contribution in [1.29, 1.82) is 5.41 Å². The summed E-state index contributed by atoms with van der Waals surface area (Å²) in [6.45, 7) is 8.19. The summed E-state index contributed by atoms with van der Waals surface area (Å²) in [4.78, 5) is 0. The Balaban J connectivity index is 2.36. The molecule has 19 heavy (non-hydrogen) atoms. The minimum atomic E-state index is 0.0537. The summed E-state index contributed by atoms with van der Waals surface area (Å²) in [6, 6.07) is 5.53. The fourth-order valence-electron chi connectivity index (χ4n) is 1.55. The van der Waals surface area contributed by atoms with Gasteiger partial charge >= 0.3 is 0 Å². The lowest BCUT2D eigenvalue weighted by Gasteiger charge is -2.11. The zero-order valence-electron chi connectivity index (χ0n) is 12.0. The molecule has 0 fully saturated rings. The van der Waals surface area contributed by atoms with Gasteiger partial charge in [-0.25, -0.2) is 0 Å². The summed E-state index contributed by atoms with van der Waals surface area (Å²) in [7, 11) is 0. The number of rotatable bonds is 8. The Kier molecular flexibility index (Phi) is 6.36. The first-order chi connectivity index (χ1) is 9.00. The molecule has 4 heteroatoms. The lowest BCUT2D eigenvalue weighted by Crippen LogP contribution is -2.12. The number of amidine groups is 1. The molecule has 0 heterocycles. The fourth-order valence-corrected chi connectivity index (χ4v) is 1.55. The van der Waals surface area contributed by atoms with E-state index in [4.69, 9.17) is 20.6 Å². The van der Waals surface area contributed by atoms with Crippen molar-refractivity contribution in [2.45, 2.75) is 27.2 Å². The molecule has 0 aliphatic carbocycles. The van der Waals surface area contributed by atoms with Crippen LogP contribution in [0, 0.1) is 18.3 Å². The second-order valence-corrected chi connectivity index (χ2v) is 5.04. The molecule has 0 spiro atoms. The molecule has 0 saturated heterocycles. The Hall–Kier alpha value is -1.55. The van der Waals surface area contributed by atoms with Gasteiger partial charge in [0.15, 0.2) is 0 Å². The van der Waals surface area contributed by atoms with Gasteiger partial charge in [0.25, 0.3) is 0 Å². The van der Waals surface area contributed by atoms with E-state index < -0.39 is 0 Å². The van der Waals surface area contributed by atoms with Gasteiger partial charge in [0.2, 0.25) is 0 Å². The molecule has 3 N–H and O–H groups in total. The zero-order valence-corrected chi connectivity index (χ0v) is 12.0. The lowest BCUT2D eigenvalue weighted by molar-refractivity contribution is 0.0924. The van der Waals surface area contributed by atoms with Gasteiger partial charge in [0.1, 0.15) is 18.2 Å². The Morgan fingerprint density at radius 1 is 1.26 bits per heavy atom. The normalized spacial score (nSPS) is 10.7. The maximum atomic E-state index is 7.41. The van der Waals surface area contributed by atoms with E-state index in [-0.39, 0.29) is 5.84 Å². The largest absolute Gasteiger partial charge is 0.491 e. The van der Waals surface area contributed by atoms with Crippen LogP contribution in [0.5, 0.6) is 5.75 Å². The van der Waals surface area contributed by atoms with Gasteiger partial charge in [-0.1, -0.05) is 26.0 Å². The first kappa shape index (κ1) is 15.5. The summed E-state index contributed by atoms with van der Waals surface area (Å²) in [6.07, 6.45) is 1.07. The molecule has 0 amide bonds. The Morgan fingerprint density at radius 2 is 2.00 bits per heavy atom. The first-order valence-corrected chi connectivity index (χ1v) is 6.66. The van der Waals surface area contributed by atoms with Gasteiger partial charge in [-0.3, -0.25) is 5.41 Å². The maximum Gasteiger partial charge on any atom is 0.123 e. The van der Waals surface area contributed by atoms with E-state index >= 15 is 0 Å². The monoisotopic (exact) mass is 264 g/mol. The second kappa shape index (κ2) is 7.79. The molecular formula is C15H24N2O2. The first-order valence-electron chi connectivity index (χ1n) is 6.66. The van der Waals surface area contributed by atoms with Crippen LogP contribution >= 0.6 is 0 Å². The highest BCUT2D eigenvalue weighted by Crippen LogP contribution is 2.19. The van der Waals surface area contributed by atoms with Gasteiger partial charge in [-0.05, 0) is 30.9 Å². The van der Waals surface area contributed by atoms with Crippen molar-refractivity contribution in [3.8, 4) is 5.75 Å². The van der Waals surface area contributed by atoms with E-state index in [1.165, 1.54) is 0 Å². The number of ether oxygens (including phenoxy) is 2. The molecular weight excluding hydrogens is 240 g/mol. The van der Waals surface area contributed by atoms with E-state index in [9.17, 15) is 0 Å². The predicted molar refractivity (Wildman–Crippen MR) is 78.0 cm³/mol. The summed E-state index contributed by atoms with van der Waals surface area (Å²) in [5, 5.41) is 7.41. The van der Waals surface area contributed by atoms with Gasteiger partial charge in [0, 0.05) is 12.2 Å². The SMILES string of the molecule is Cc1ccc(C(=N)N)cc1OCCOCCC(C)C. The standard InChI is InChI=1S/C15H24N2O2/c1-11(2)6-7-18-8-9-19-14-10-13(15(16)17)5-4-12(14)3/h4-5,10-11H,6-9H2,1-3H3,(H3,16,17). The molecule has 0 radical (unpaired) electrons. The Bertz CT molecular complexity index is 417. The number of hydrogen-bond acceptors (Lipinski definition) is 3. The summed E-state index contributed by atoms with van der Waals surface area (Å²) in [5.74, 6) is 1.48. The zero-order chi connectivity index (χ0) is 14.3. The van der Waals surface area contributed by atoms with Crippen molar-refractivity contribution >= 4 is 5.84 Å². The highest BCUT2D eigenvalue weighted by Gasteiger charge is 2.03. The highest BCUT2D eigenvalue weighted by molar-refractivity contribution is 5.95. The van der Waals surface area contributed by atoms with Crippen LogP contribution in [0.25, 0.3) is 0 Å². The predicted octanol–water partition coefficient (Wildman–Crippen LogP) is 2.72. The van der Waals surface area contributed by atoms with Gasteiger partial charge in [-0.2, -0.15) is 0 Å². The quantitative estimate of drug-likeness (QED) is 0.431. The van der Waals surface area contributed by atoms with Crippen LogP contribution in [-0.2, 0) is 4.74 Å². The van der Waals surface area contributed by atoms with Crippen LogP contribution in [-0.4, -0.2) is 25.7 Å². The van der Waals surface area contributed by atoms with E-state index in [0.717, 1.165) is 24.3 Å². The molecule has 0 aliphatic heterocycles. The van der Waals surface area contributed by atoms with Crippen LogP contribution in [0.1, 0.15) is 31.4 Å². The summed E-state index contributed by atoms with van der Waals surface area (Å²) < 4.78 is 11.1. The third-order valence-corrected chi connectivity index (χ3v) is 2.82.